The summed E-state index contributed by atoms with van der Waals surface area (Å²) in [6, 6.07) is 5.96. The van der Waals surface area contributed by atoms with Crippen molar-refractivity contribution < 1.29 is 28.6 Å². The number of hydrogen-bond donors (Lipinski definition) is 2. The van der Waals surface area contributed by atoms with E-state index in [1.807, 2.05) is 22.8 Å². The van der Waals surface area contributed by atoms with Crippen molar-refractivity contribution in [2.24, 2.45) is 5.92 Å². The van der Waals surface area contributed by atoms with E-state index in [0.29, 0.717) is 76.4 Å². The minimum absolute atomic E-state index is 0.124. The summed E-state index contributed by atoms with van der Waals surface area (Å²) in [7, 11) is 0. The van der Waals surface area contributed by atoms with Gasteiger partial charge in [-0.25, -0.2) is 9.97 Å². The lowest BCUT2D eigenvalue weighted by Crippen LogP contribution is -2.50. The molecular weight excluding hydrogens is 614 g/mol. The van der Waals surface area contributed by atoms with Crippen molar-refractivity contribution in [3.63, 3.8) is 0 Å². The second-order valence-electron chi connectivity index (χ2n) is 13.5. The highest BCUT2D eigenvalue weighted by Crippen LogP contribution is 2.32. The molecule has 0 bridgehead atoms. The van der Waals surface area contributed by atoms with Gasteiger partial charge in [-0.2, -0.15) is 4.98 Å². The number of ether oxygens (including phenoxy) is 2. The highest BCUT2D eigenvalue weighted by molar-refractivity contribution is 5.95. The minimum atomic E-state index is -0.646. The molecule has 1 amide bonds. The van der Waals surface area contributed by atoms with Crippen LogP contribution in [0.2, 0.25) is 0 Å². The average Bonchev–Trinajstić information content (AvgIpc) is 3.85. The normalized spacial score (nSPS) is 19.1. The molecule has 0 unspecified atom stereocenters. The van der Waals surface area contributed by atoms with Gasteiger partial charge in [0, 0.05) is 64.2 Å². The first-order valence-electron chi connectivity index (χ1n) is 17.1. The smallest absolute Gasteiger partial charge is 0.228 e. The number of rotatable bonds is 13. The number of nitrogens with one attached hydrogen (secondary N) is 1. The summed E-state index contributed by atoms with van der Waals surface area (Å²) in [6.45, 7) is 10.0. The molecule has 0 radical (unpaired) electrons. The van der Waals surface area contributed by atoms with Crippen LogP contribution in [0.5, 0.6) is 5.75 Å². The van der Waals surface area contributed by atoms with E-state index in [-0.39, 0.29) is 30.1 Å². The van der Waals surface area contributed by atoms with Gasteiger partial charge in [-0.3, -0.25) is 14.5 Å². The Morgan fingerprint density at radius 2 is 1.92 bits per heavy atom. The van der Waals surface area contributed by atoms with Gasteiger partial charge < -0.3 is 34.1 Å². The number of piperazine rings is 1. The zero-order chi connectivity index (χ0) is 33.2. The van der Waals surface area contributed by atoms with E-state index in [4.69, 9.17) is 18.9 Å². The first kappa shape index (κ1) is 32.5. The summed E-state index contributed by atoms with van der Waals surface area (Å²) in [5, 5.41) is 14.3. The van der Waals surface area contributed by atoms with Gasteiger partial charge in [0.15, 0.2) is 17.9 Å². The molecule has 3 aliphatic heterocycles. The largest absolute Gasteiger partial charge is 0.485 e. The minimum Gasteiger partial charge on any atom is -0.485 e. The highest BCUT2D eigenvalue weighted by atomic mass is 16.5. The predicted molar refractivity (Wildman–Crippen MR) is 177 cm³/mol. The van der Waals surface area contributed by atoms with Gasteiger partial charge in [-0.1, -0.05) is 6.07 Å². The molecule has 1 saturated carbocycles. The zero-order valence-electron chi connectivity index (χ0n) is 27.8. The number of β-amino-alcohol motifs (C(OH)–C–C–N with tert-alkyl or cyclic N) is 1. The molecule has 4 aliphatic rings. The van der Waals surface area contributed by atoms with Gasteiger partial charge in [0.25, 0.3) is 0 Å². The number of aliphatic hydroxyl groups is 1. The van der Waals surface area contributed by atoms with Gasteiger partial charge in [0.2, 0.25) is 11.9 Å². The van der Waals surface area contributed by atoms with Crippen LogP contribution < -0.4 is 15.0 Å². The summed E-state index contributed by atoms with van der Waals surface area (Å²) < 4.78 is 16.8. The number of benzene rings is 1. The van der Waals surface area contributed by atoms with Crippen molar-refractivity contribution >= 4 is 23.5 Å². The quantitative estimate of drug-likeness (QED) is 0.260. The summed E-state index contributed by atoms with van der Waals surface area (Å²) >= 11 is 0. The van der Waals surface area contributed by atoms with Crippen LogP contribution in [0.4, 0.5) is 11.8 Å². The van der Waals surface area contributed by atoms with E-state index in [1.165, 1.54) is 17.5 Å². The Morgan fingerprint density at radius 1 is 1.10 bits per heavy atom. The molecule has 3 fully saturated rings. The average molecular weight is 660 g/mol. The molecule has 5 heterocycles. The lowest BCUT2D eigenvalue weighted by Gasteiger charge is -2.35. The van der Waals surface area contributed by atoms with E-state index < -0.39 is 6.10 Å². The van der Waals surface area contributed by atoms with E-state index in [9.17, 15) is 14.7 Å². The number of Topliss-reactive ketones (excluding diaryl/α,β-unsaturated/α-hetero) is 1. The van der Waals surface area contributed by atoms with Gasteiger partial charge in [-0.05, 0) is 62.3 Å². The van der Waals surface area contributed by atoms with Crippen LogP contribution in [-0.2, 0) is 29.1 Å². The number of carbonyl (C=O) groups excluding carboxylic acids is 2. The fourth-order valence-electron chi connectivity index (χ4n) is 6.65. The van der Waals surface area contributed by atoms with E-state index >= 15 is 0 Å². The van der Waals surface area contributed by atoms with Gasteiger partial charge in [0.05, 0.1) is 31.1 Å². The lowest BCUT2D eigenvalue weighted by molar-refractivity contribution is -0.132. The van der Waals surface area contributed by atoms with Crippen LogP contribution in [0.3, 0.4) is 0 Å². The zero-order valence-corrected chi connectivity index (χ0v) is 27.8. The molecule has 48 heavy (non-hydrogen) atoms. The maximum Gasteiger partial charge on any atom is 0.228 e. The molecule has 0 spiro atoms. The van der Waals surface area contributed by atoms with Gasteiger partial charge in [0.1, 0.15) is 23.9 Å². The molecule has 2 aromatic heterocycles. The molecule has 1 aliphatic carbocycles. The van der Waals surface area contributed by atoms with Crippen LogP contribution in [0, 0.1) is 19.8 Å². The number of fused-ring (bicyclic) bond motifs is 1. The molecule has 13 nitrogen and oxygen atoms in total. The van der Waals surface area contributed by atoms with Crippen molar-refractivity contribution in [2.45, 2.75) is 71.2 Å². The molecule has 7 rings (SSSR count). The molecule has 256 valence electrons. The SMILES string of the molecule is Cc1ncoc1COc1ccc2c(c1C)CCN(C[C@@H](O)CCC(=O)c1cc(NC3COC3)nc(N3CCN(C(=O)C4CC4)CC3)n1)C2. The van der Waals surface area contributed by atoms with Crippen molar-refractivity contribution in [2.75, 3.05) is 62.7 Å². The highest BCUT2D eigenvalue weighted by Gasteiger charge is 2.35. The Morgan fingerprint density at radius 3 is 2.62 bits per heavy atom. The van der Waals surface area contributed by atoms with E-state index in [1.54, 1.807) is 6.07 Å². The third-order valence-corrected chi connectivity index (χ3v) is 9.89. The third kappa shape index (κ3) is 7.48. The number of aliphatic hydroxyl groups excluding tert-OH is 1. The molecule has 2 N–H and O–H groups in total. The Bertz CT molecular complexity index is 1630. The summed E-state index contributed by atoms with van der Waals surface area (Å²) in [6.07, 6.45) is 4.17. The number of carbonyl (C=O) groups is 2. The van der Waals surface area contributed by atoms with Gasteiger partial charge >= 0.3 is 0 Å². The summed E-state index contributed by atoms with van der Waals surface area (Å²) in [5.41, 5.74) is 4.82. The van der Waals surface area contributed by atoms with Crippen LogP contribution in [0.25, 0.3) is 0 Å². The summed E-state index contributed by atoms with van der Waals surface area (Å²) in [5.74, 6) is 2.99. The van der Waals surface area contributed by atoms with E-state index in [0.717, 1.165) is 55.1 Å². The Hall–Kier alpha value is -4.07. The van der Waals surface area contributed by atoms with Crippen LogP contribution >= 0.6 is 0 Å². The molecular formula is C35H45N7O6. The first-order chi connectivity index (χ1) is 23.3. The topological polar surface area (TPSA) is 146 Å². The summed E-state index contributed by atoms with van der Waals surface area (Å²) in [4.78, 5) is 45.7. The number of aromatic nitrogens is 3. The fraction of sp³-hybridized carbons (Fsp3) is 0.571. The molecule has 1 aromatic carbocycles. The molecule has 2 saturated heterocycles. The van der Waals surface area contributed by atoms with Crippen LogP contribution in [0.1, 0.15) is 64.3 Å². The monoisotopic (exact) mass is 659 g/mol. The van der Waals surface area contributed by atoms with Crippen molar-refractivity contribution in [1.29, 1.82) is 0 Å². The maximum atomic E-state index is 13.4. The first-order valence-corrected chi connectivity index (χ1v) is 17.1. The van der Waals surface area contributed by atoms with Crippen molar-refractivity contribution in [3.8, 4) is 5.75 Å². The molecule has 13 heteroatoms. The number of anilines is 2. The standard InChI is InChI=1S/C35H45N7O6/c1-22-28-9-10-40(16-25(28)5-8-31(22)47-20-32-23(2)36-21-48-32)17-27(43)6-7-30(44)29-15-33(37-26-18-46-19-26)39-35(38-29)42-13-11-41(12-14-42)34(45)24-3-4-24/h5,8,15,21,24,26-27,43H,3-4,6-7,9-14,16-20H2,1-2H3,(H,37,38,39)/t27-/m0/s1. The van der Waals surface area contributed by atoms with Crippen LogP contribution in [-0.4, -0.2) is 106 Å². The Kier molecular flexibility index (Phi) is 9.60. The number of oxazole rings is 1. The van der Waals surface area contributed by atoms with E-state index in [2.05, 4.69) is 33.2 Å². The Balaban J connectivity index is 0.932. The van der Waals surface area contributed by atoms with Crippen molar-refractivity contribution in [1.82, 2.24) is 24.8 Å². The molecule has 1 atom stereocenters. The second-order valence-corrected chi connectivity index (χ2v) is 13.5. The predicted octanol–water partition coefficient (Wildman–Crippen LogP) is 2.91. The number of hydrogen-bond acceptors (Lipinski definition) is 12. The number of nitrogens with zero attached hydrogens (tertiary/aromatic N) is 6. The van der Waals surface area contributed by atoms with Gasteiger partial charge in [-0.15, -0.1) is 0 Å². The number of aryl methyl sites for hydroxylation is 1. The fourth-order valence-corrected chi connectivity index (χ4v) is 6.65. The van der Waals surface area contributed by atoms with Crippen LogP contribution in [0.15, 0.2) is 29.0 Å². The second kappa shape index (κ2) is 14.2. The number of amides is 1. The lowest BCUT2D eigenvalue weighted by atomic mass is 9.94. The maximum absolute atomic E-state index is 13.4. The Labute approximate surface area is 280 Å². The van der Waals surface area contributed by atoms with Crippen molar-refractivity contribution in [3.05, 3.63) is 58.4 Å². The third-order valence-electron chi connectivity index (χ3n) is 9.89. The number of ketones is 1. The molecule has 3 aromatic rings.